The summed E-state index contributed by atoms with van der Waals surface area (Å²) in [7, 11) is 0. The molecule has 2 aliphatic carbocycles. The van der Waals surface area contributed by atoms with E-state index in [-0.39, 0.29) is 5.92 Å². The minimum atomic E-state index is -0.579. The highest BCUT2D eigenvalue weighted by Crippen LogP contribution is 2.36. The lowest BCUT2D eigenvalue weighted by Crippen LogP contribution is -2.26. The van der Waals surface area contributed by atoms with Crippen LogP contribution in [0.15, 0.2) is 11.6 Å². The second-order valence-corrected chi connectivity index (χ2v) is 5.59. The molecule has 0 saturated heterocycles. The second-order valence-electron chi connectivity index (χ2n) is 5.59. The van der Waals surface area contributed by atoms with Crippen molar-refractivity contribution in [2.24, 2.45) is 11.8 Å². The van der Waals surface area contributed by atoms with E-state index in [1.165, 1.54) is 44.1 Å². The molecule has 0 spiro atoms. The number of carboxylic acids is 1. The summed E-state index contributed by atoms with van der Waals surface area (Å²) >= 11 is 0. The predicted octanol–water partition coefficient (Wildman–Crippen LogP) is 4.16. The summed E-state index contributed by atoms with van der Waals surface area (Å²) in [6, 6.07) is 0. The molecule has 1 fully saturated rings. The highest BCUT2D eigenvalue weighted by Gasteiger charge is 2.31. The van der Waals surface area contributed by atoms with Crippen LogP contribution in [0.5, 0.6) is 0 Å². The van der Waals surface area contributed by atoms with Crippen LogP contribution in [0.2, 0.25) is 0 Å². The van der Waals surface area contributed by atoms with Crippen molar-refractivity contribution in [3.05, 3.63) is 11.6 Å². The van der Waals surface area contributed by atoms with Gasteiger partial charge in [0.05, 0.1) is 5.92 Å². The van der Waals surface area contributed by atoms with Crippen molar-refractivity contribution in [3.63, 3.8) is 0 Å². The van der Waals surface area contributed by atoms with Crippen molar-refractivity contribution in [1.82, 2.24) is 0 Å². The maximum Gasteiger partial charge on any atom is 0.310 e. The van der Waals surface area contributed by atoms with Crippen LogP contribution in [0.25, 0.3) is 0 Å². The molecule has 0 heterocycles. The van der Waals surface area contributed by atoms with Gasteiger partial charge in [-0.1, -0.05) is 37.3 Å². The molecular formula is C15H24O2. The van der Waals surface area contributed by atoms with E-state index < -0.39 is 5.97 Å². The van der Waals surface area contributed by atoms with Crippen molar-refractivity contribution in [2.45, 2.75) is 64.2 Å². The molecule has 2 heteroatoms. The quantitative estimate of drug-likeness (QED) is 0.590. The number of hydrogen-bond acceptors (Lipinski definition) is 1. The van der Waals surface area contributed by atoms with Crippen LogP contribution in [0.3, 0.4) is 0 Å². The van der Waals surface area contributed by atoms with Crippen LogP contribution >= 0.6 is 0 Å². The van der Waals surface area contributed by atoms with Gasteiger partial charge in [0.25, 0.3) is 0 Å². The van der Waals surface area contributed by atoms with Crippen molar-refractivity contribution in [3.8, 4) is 0 Å². The van der Waals surface area contributed by atoms with Crippen LogP contribution in [-0.2, 0) is 4.79 Å². The van der Waals surface area contributed by atoms with Gasteiger partial charge in [0.2, 0.25) is 0 Å². The van der Waals surface area contributed by atoms with Crippen molar-refractivity contribution in [1.29, 1.82) is 0 Å². The molecule has 0 aliphatic heterocycles. The molecule has 0 aromatic heterocycles. The Labute approximate surface area is 104 Å². The van der Waals surface area contributed by atoms with Crippen molar-refractivity contribution >= 4 is 5.97 Å². The van der Waals surface area contributed by atoms with Crippen LogP contribution in [0.4, 0.5) is 0 Å². The molecule has 1 N–H and O–H groups in total. The summed E-state index contributed by atoms with van der Waals surface area (Å²) in [6.45, 7) is 0. The van der Waals surface area contributed by atoms with E-state index in [2.05, 4.69) is 6.08 Å². The summed E-state index contributed by atoms with van der Waals surface area (Å²) < 4.78 is 0. The van der Waals surface area contributed by atoms with E-state index in [9.17, 15) is 9.90 Å². The van der Waals surface area contributed by atoms with Gasteiger partial charge >= 0.3 is 5.97 Å². The monoisotopic (exact) mass is 236 g/mol. The van der Waals surface area contributed by atoms with Gasteiger partial charge in [-0.3, -0.25) is 4.79 Å². The van der Waals surface area contributed by atoms with Gasteiger partial charge in [-0.05, 0) is 44.4 Å². The molecule has 0 aromatic carbocycles. The van der Waals surface area contributed by atoms with E-state index in [0.29, 0.717) is 5.92 Å². The minimum absolute atomic E-state index is 0.173. The molecule has 1 saturated carbocycles. The molecule has 0 radical (unpaired) electrons. The Kier molecular flexibility index (Phi) is 4.64. The summed E-state index contributed by atoms with van der Waals surface area (Å²) in [6.07, 6.45) is 14.0. The van der Waals surface area contributed by atoms with Gasteiger partial charge in [0.1, 0.15) is 0 Å². The summed E-state index contributed by atoms with van der Waals surface area (Å²) in [5.74, 6) is -0.349. The average molecular weight is 236 g/mol. The largest absolute Gasteiger partial charge is 0.481 e. The van der Waals surface area contributed by atoms with Crippen LogP contribution in [0.1, 0.15) is 64.2 Å². The Morgan fingerprint density at radius 2 is 1.82 bits per heavy atom. The lowest BCUT2D eigenvalue weighted by atomic mass is 9.77. The fraction of sp³-hybridized carbons (Fsp3) is 0.800. The van der Waals surface area contributed by atoms with Crippen LogP contribution in [0, 0.1) is 11.8 Å². The minimum Gasteiger partial charge on any atom is -0.481 e. The maximum atomic E-state index is 11.6. The molecule has 0 bridgehead atoms. The normalized spacial score (nSPS) is 24.8. The number of hydrogen-bond donors (Lipinski definition) is 1. The first-order valence-corrected chi connectivity index (χ1v) is 7.21. The average Bonchev–Trinajstić information content (AvgIpc) is 2.59. The summed E-state index contributed by atoms with van der Waals surface area (Å²) in [4.78, 5) is 11.6. The molecule has 2 nitrogen and oxygen atoms in total. The van der Waals surface area contributed by atoms with Gasteiger partial charge in [-0.25, -0.2) is 0 Å². The Hall–Kier alpha value is -0.790. The van der Waals surface area contributed by atoms with E-state index in [0.717, 1.165) is 25.7 Å². The van der Waals surface area contributed by atoms with Crippen LogP contribution in [-0.4, -0.2) is 11.1 Å². The molecule has 96 valence electrons. The lowest BCUT2D eigenvalue weighted by molar-refractivity contribution is -0.142. The maximum absolute atomic E-state index is 11.6. The molecule has 1 atom stereocenters. The highest BCUT2D eigenvalue weighted by atomic mass is 16.4. The Morgan fingerprint density at radius 3 is 2.35 bits per heavy atom. The second kappa shape index (κ2) is 6.23. The van der Waals surface area contributed by atoms with Gasteiger partial charge in [-0.2, -0.15) is 0 Å². The molecule has 0 amide bonds. The van der Waals surface area contributed by atoms with Gasteiger partial charge < -0.3 is 5.11 Å². The van der Waals surface area contributed by atoms with Gasteiger partial charge in [-0.15, -0.1) is 0 Å². The lowest BCUT2D eigenvalue weighted by Gasteiger charge is -2.27. The third-order valence-corrected chi connectivity index (χ3v) is 4.36. The molecule has 0 aromatic rings. The SMILES string of the molecule is O=C(O)C(C1=CCCCC1)C1CCCCCC1. The summed E-state index contributed by atoms with van der Waals surface area (Å²) in [5.41, 5.74) is 1.23. The molecule has 17 heavy (non-hydrogen) atoms. The highest BCUT2D eigenvalue weighted by molar-refractivity contribution is 5.74. The Bertz CT molecular complexity index is 285. The molecule has 2 aliphatic rings. The van der Waals surface area contributed by atoms with E-state index in [1.807, 2.05) is 0 Å². The third kappa shape index (κ3) is 3.34. The van der Waals surface area contributed by atoms with Crippen molar-refractivity contribution < 1.29 is 9.90 Å². The standard InChI is InChI=1S/C15H24O2/c16-15(17)14(13-10-6-3-7-11-13)12-8-4-1-2-5-9-12/h10,12,14H,1-9,11H2,(H,16,17). The van der Waals surface area contributed by atoms with E-state index in [1.54, 1.807) is 0 Å². The zero-order valence-corrected chi connectivity index (χ0v) is 10.7. The third-order valence-electron chi connectivity index (χ3n) is 4.36. The Morgan fingerprint density at radius 1 is 1.12 bits per heavy atom. The van der Waals surface area contributed by atoms with E-state index in [4.69, 9.17) is 0 Å². The first kappa shape index (κ1) is 12.7. The number of carboxylic acid groups (broad SMARTS) is 1. The number of aliphatic carboxylic acids is 1. The summed E-state index contributed by atoms with van der Waals surface area (Å²) in [5, 5.41) is 9.53. The molecule has 2 rings (SSSR count). The molecular weight excluding hydrogens is 212 g/mol. The Balaban J connectivity index is 2.09. The van der Waals surface area contributed by atoms with E-state index >= 15 is 0 Å². The smallest absolute Gasteiger partial charge is 0.310 e. The fourth-order valence-corrected chi connectivity index (χ4v) is 3.45. The number of rotatable bonds is 3. The topological polar surface area (TPSA) is 37.3 Å². The van der Waals surface area contributed by atoms with Gasteiger partial charge in [0.15, 0.2) is 0 Å². The van der Waals surface area contributed by atoms with Crippen molar-refractivity contribution in [2.75, 3.05) is 0 Å². The predicted molar refractivity (Wildman–Crippen MR) is 68.9 cm³/mol. The number of allylic oxidation sites excluding steroid dienone is 1. The zero-order valence-electron chi connectivity index (χ0n) is 10.7. The first-order valence-electron chi connectivity index (χ1n) is 7.21. The zero-order chi connectivity index (χ0) is 12.1. The number of carbonyl (C=O) groups is 1. The van der Waals surface area contributed by atoms with Crippen LogP contribution < -0.4 is 0 Å². The first-order chi connectivity index (χ1) is 8.29. The van der Waals surface area contributed by atoms with Gasteiger partial charge in [0, 0.05) is 0 Å². The fourth-order valence-electron chi connectivity index (χ4n) is 3.45. The molecule has 1 unspecified atom stereocenters.